The molecule has 0 spiro atoms. The van der Waals surface area contributed by atoms with Crippen LogP contribution in [0, 0.1) is 12.8 Å². The second-order valence-electron chi connectivity index (χ2n) is 12.4. The molecule has 4 aromatic rings. The number of carbonyl (C=O) groups is 2. The summed E-state index contributed by atoms with van der Waals surface area (Å²) in [5.41, 5.74) is 5.84. The summed E-state index contributed by atoms with van der Waals surface area (Å²) in [5, 5.41) is 8.12. The highest BCUT2D eigenvalue weighted by molar-refractivity contribution is 5.93. The number of pyridine rings is 1. The molecule has 2 aliphatic heterocycles. The van der Waals surface area contributed by atoms with Crippen molar-refractivity contribution in [1.29, 1.82) is 0 Å². The Labute approximate surface area is 270 Å². The maximum absolute atomic E-state index is 13.9. The second kappa shape index (κ2) is 14.9. The van der Waals surface area contributed by atoms with Crippen molar-refractivity contribution in [2.45, 2.75) is 44.6 Å². The molecular formula is C37H43N5O4. The lowest BCUT2D eigenvalue weighted by Crippen LogP contribution is -2.39. The molecule has 2 aromatic carbocycles. The van der Waals surface area contributed by atoms with Gasteiger partial charge in [0.15, 0.2) is 0 Å². The summed E-state index contributed by atoms with van der Waals surface area (Å²) in [7, 11) is 1.73. The van der Waals surface area contributed by atoms with Gasteiger partial charge in [0.05, 0.1) is 23.7 Å². The van der Waals surface area contributed by atoms with Gasteiger partial charge in [0.2, 0.25) is 0 Å². The number of benzene rings is 2. The fraction of sp³-hybridized carbons (Fsp3) is 0.405. The predicted octanol–water partition coefficient (Wildman–Crippen LogP) is 5.02. The van der Waals surface area contributed by atoms with Crippen LogP contribution in [0.2, 0.25) is 0 Å². The van der Waals surface area contributed by atoms with E-state index in [1.165, 1.54) is 5.56 Å². The zero-order valence-electron chi connectivity index (χ0n) is 26.7. The molecular weight excluding hydrogens is 578 g/mol. The van der Waals surface area contributed by atoms with Crippen molar-refractivity contribution in [3.05, 3.63) is 102 Å². The molecule has 9 heteroatoms. The Bertz CT molecular complexity index is 1620. The van der Waals surface area contributed by atoms with E-state index >= 15 is 0 Å². The van der Waals surface area contributed by atoms with Gasteiger partial charge in [0.1, 0.15) is 11.5 Å². The Morgan fingerprint density at radius 1 is 1.00 bits per heavy atom. The number of methoxy groups -OCH3 is 1. The molecule has 4 heterocycles. The summed E-state index contributed by atoms with van der Waals surface area (Å²) in [4.78, 5) is 33.8. The molecule has 2 saturated heterocycles. The lowest BCUT2D eigenvalue weighted by Gasteiger charge is -2.22. The summed E-state index contributed by atoms with van der Waals surface area (Å²) in [6.07, 6.45) is 4.00. The van der Waals surface area contributed by atoms with Crippen molar-refractivity contribution in [3.8, 4) is 16.9 Å². The van der Waals surface area contributed by atoms with Crippen LogP contribution in [0.5, 0.6) is 0 Å². The Balaban J connectivity index is 1.25. The summed E-state index contributed by atoms with van der Waals surface area (Å²) < 4.78 is 12.7. The van der Waals surface area contributed by atoms with Crippen molar-refractivity contribution in [2.24, 2.45) is 5.92 Å². The molecule has 2 aliphatic rings. The molecule has 6 rings (SSSR count). The maximum Gasteiger partial charge on any atom is 0.270 e. The second-order valence-corrected chi connectivity index (χ2v) is 12.4. The van der Waals surface area contributed by atoms with Gasteiger partial charge in [-0.3, -0.25) is 14.6 Å². The van der Waals surface area contributed by atoms with Crippen molar-refractivity contribution in [1.82, 2.24) is 25.0 Å². The van der Waals surface area contributed by atoms with Crippen molar-refractivity contribution >= 4 is 11.7 Å². The lowest BCUT2D eigenvalue weighted by atomic mass is 9.85. The number of nitrogens with one attached hydrogen (secondary N) is 1. The maximum atomic E-state index is 13.9. The first-order valence-corrected chi connectivity index (χ1v) is 16.3. The quantitative estimate of drug-likeness (QED) is 0.237. The van der Waals surface area contributed by atoms with E-state index < -0.39 is 0 Å². The number of para-hydroxylation sites is 1. The number of ether oxygens (including phenoxy) is 2. The van der Waals surface area contributed by atoms with Crippen LogP contribution in [0.15, 0.2) is 79.0 Å². The minimum Gasteiger partial charge on any atom is -0.383 e. The molecule has 1 N–H and O–H groups in total. The highest BCUT2D eigenvalue weighted by Crippen LogP contribution is 2.36. The summed E-state index contributed by atoms with van der Waals surface area (Å²) in [6, 6.07) is 24.2. The van der Waals surface area contributed by atoms with Crippen molar-refractivity contribution in [3.63, 3.8) is 0 Å². The number of aromatic nitrogens is 3. The third-order valence-corrected chi connectivity index (χ3v) is 9.28. The van der Waals surface area contributed by atoms with Crippen LogP contribution in [0.3, 0.4) is 0 Å². The van der Waals surface area contributed by atoms with Crippen LogP contribution in [0.25, 0.3) is 16.9 Å². The fourth-order valence-corrected chi connectivity index (χ4v) is 6.80. The van der Waals surface area contributed by atoms with Gasteiger partial charge in [0.25, 0.3) is 5.91 Å². The molecule has 9 nitrogen and oxygen atoms in total. The summed E-state index contributed by atoms with van der Waals surface area (Å²) in [5.74, 6) is 0.503. The zero-order chi connectivity index (χ0) is 31.9. The van der Waals surface area contributed by atoms with E-state index in [1.807, 2.05) is 54.1 Å². The third-order valence-electron chi connectivity index (χ3n) is 9.28. The number of amides is 1. The number of hydrogen-bond donors (Lipinski definition) is 1. The smallest absolute Gasteiger partial charge is 0.270 e. The van der Waals surface area contributed by atoms with Gasteiger partial charge >= 0.3 is 0 Å². The predicted molar refractivity (Wildman–Crippen MR) is 177 cm³/mol. The van der Waals surface area contributed by atoms with Gasteiger partial charge in [-0.25, -0.2) is 4.68 Å². The molecule has 240 valence electrons. The number of hydrogen-bond acceptors (Lipinski definition) is 7. The van der Waals surface area contributed by atoms with Crippen LogP contribution in [-0.2, 0) is 20.7 Å². The summed E-state index contributed by atoms with van der Waals surface area (Å²) >= 11 is 0. The first kappa shape index (κ1) is 31.8. The number of Topliss-reactive ketones (excluding diaryl/α,β-unsaturated/α-hetero) is 1. The van der Waals surface area contributed by atoms with Crippen LogP contribution < -0.4 is 5.32 Å². The molecule has 46 heavy (non-hydrogen) atoms. The molecule has 0 unspecified atom stereocenters. The Morgan fingerprint density at radius 2 is 1.74 bits per heavy atom. The van der Waals surface area contributed by atoms with E-state index in [0.717, 1.165) is 60.7 Å². The normalized spacial score (nSPS) is 18.9. The van der Waals surface area contributed by atoms with Gasteiger partial charge in [-0.1, -0.05) is 48.5 Å². The molecule has 0 aliphatic carbocycles. The average Bonchev–Trinajstić information content (AvgIpc) is 3.65. The number of carbonyl (C=O) groups excluding carboxylic acids is 2. The first-order chi connectivity index (χ1) is 22.5. The Hall–Kier alpha value is -4.18. The van der Waals surface area contributed by atoms with Crippen molar-refractivity contribution < 1.29 is 19.1 Å². The van der Waals surface area contributed by atoms with E-state index in [2.05, 4.69) is 39.5 Å². The average molecular weight is 622 g/mol. The van der Waals surface area contributed by atoms with Gasteiger partial charge in [0, 0.05) is 76.5 Å². The highest BCUT2D eigenvalue weighted by atomic mass is 16.5. The monoisotopic (exact) mass is 621 g/mol. The number of ketones is 1. The minimum absolute atomic E-state index is 0.0803. The van der Waals surface area contributed by atoms with Crippen LogP contribution in [0.1, 0.15) is 52.5 Å². The standard InChI is InChI=1S/C37H43N5O4/c1-26-35(23-32(43)21-29-24-41(17-20-45-2)25-33(29)27-9-5-3-6-10-27)42(31-11-7-4-8-12-31)40-36(26)28-13-16-38-34(22-28)37(44)39-30-14-18-46-19-15-30/h3-13,16,22,29-30,33H,14-15,17-21,23-25H2,1-2H3,(H,39,44)/t29-,33+/m1/s1. The topological polar surface area (TPSA) is 98.6 Å². The SMILES string of the molecule is COCCN1C[C@@H](CC(=O)Cc2c(C)c(-c3ccnc(C(=O)NC4CCOCC4)c3)nn2-c2ccccc2)[C@H](c2ccccc2)C1. The Morgan fingerprint density at radius 3 is 2.48 bits per heavy atom. The lowest BCUT2D eigenvalue weighted by molar-refractivity contribution is -0.119. The van der Waals surface area contributed by atoms with E-state index in [4.69, 9.17) is 14.6 Å². The molecule has 0 saturated carbocycles. The molecule has 0 radical (unpaired) electrons. The van der Waals surface area contributed by atoms with Crippen LogP contribution in [0.4, 0.5) is 0 Å². The van der Waals surface area contributed by atoms with E-state index in [9.17, 15) is 9.59 Å². The van der Waals surface area contributed by atoms with Gasteiger partial charge in [-0.05, 0) is 61.1 Å². The fourth-order valence-electron chi connectivity index (χ4n) is 6.80. The number of rotatable bonds is 12. The van der Waals surface area contributed by atoms with Crippen LogP contribution in [-0.4, -0.2) is 84.0 Å². The Kier molecular flexibility index (Phi) is 10.3. The summed E-state index contributed by atoms with van der Waals surface area (Å²) in [6.45, 7) is 6.63. The highest BCUT2D eigenvalue weighted by Gasteiger charge is 2.35. The molecule has 2 atom stereocenters. The first-order valence-electron chi connectivity index (χ1n) is 16.3. The molecule has 2 aromatic heterocycles. The minimum atomic E-state index is -0.201. The van der Waals surface area contributed by atoms with E-state index in [0.29, 0.717) is 37.9 Å². The zero-order valence-corrected chi connectivity index (χ0v) is 26.7. The molecule has 2 fully saturated rings. The molecule has 1 amide bonds. The third kappa shape index (κ3) is 7.44. The van der Waals surface area contributed by atoms with E-state index in [1.54, 1.807) is 19.4 Å². The molecule has 0 bridgehead atoms. The van der Waals surface area contributed by atoms with Gasteiger partial charge in [-0.2, -0.15) is 5.10 Å². The number of nitrogens with zero attached hydrogens (tertiary/aromatic N) is 4. The largest absolute Gasteiger partial charge is 0.383 e. The van der Waals surface area contributed by atoms with Crippen LogP contribution >= 0.6 is 0 Å². The number of likely N-dealkylation sites (tertiary alicyclic amines) is 1. The van der Waals surface area contributed by atoms with Gasteiger partial charge < -0.3 is 19.7 Å². The van der Waals surface area contributed by atoms with E-state index in [-0.39, 0.29) is 30.1 Å². The van der Waals surface area contributed by atoms with Crippen molar-refractivity contribution in [2.75, 3.05) is 46.6 Å². The van der Waals surface area contributed by atoms with Gasteiger partial charge in [-0.15, -0.1) is 0 Å².